The van der Waals surface area contributed by atoms with Crippen molar-refractivity contribution in [2.24, 2.45) is 0 Å². The number of carbonyl (C=O) groups excluding carboxylic acids is 2. The second kappa shape index (κ2) is 12.0. The van der Waals surface area contributed by atoms with Crippen LogP contribution >= 0.6 is 23.5 Å². The maximum atomic E-state index is 11.4. The zero-order chi connectivity index (χ0) is 18.0. The minimum absolute atomic E-state index is 0.161. The average Bonchev–Trinajstić information content (AvgIpc) is 2.48. The molecule has 0 rings (SSSR count). The van der Waals surface area contributed by atoms with Gasteiger partial charge in [0.25, 0.3) is 0 Å². The van der Waals surface area contributed by atoms with Crippen LogP contribution in [0, 0.1) is 0 Å². The molecule has 0 unspecified atom stereocenters. The smallest absolute Gasteiger partial charge is 0.217 e. The minimum atomic E-state index is -1.40. The molecule has 0 aromatic heterocycles. The number of carbonyl (C=O) groups is 2. The van der Waals surface area contributed by atoms with Gasteiger partial charge in [0.2, 0.25) is 11.8 Å². The van der Waals surface area contributed by atoms with E-state index in [1.165, 1.54) is 37.4 Å². The lowest BCUT2D eigenvalue weighted by atomic mass is 10.0. The van der Waals surface area contributed by atoms with Crippen LogP contribution in [0.25, 0.3) is 0 Å². The van der Waals surface area contributed by atoms with Gasteiger partial charge in [0.1, 0.15) is 6.10 Å². The summed E-state index contributed by atoms with van der Waals surface area (Å²) >= 11 is 3.02. The lowest BCUT2D eigenvalue weighted by Crippen LogP contribution is -2.58. The van der Waals surface area contributed by atoms with Crippen molar-refractivity contribution in [3.63, 3.8) is 0 Å². The summed E-state index contributed by atoms with van der Waals surface area (Å²) in [5.41, 5.74) is 0. The Bertz CT molecular complexity index is 367. The van der Waals surface area contributed by atoms with Crippen molar-refractivity contribution in [1.29, 1.82) is 0 Å². The number of nitrogens with one attached hydrogen (secondary N) is 2. The molecule has 0 saturated heterocycles. The molecule has 0 heterocycles. The van der Waals surface area contributed by atoms with E-state index in [0.29, 0.717) is 0 Å². The van der Waals surface area contributed by atoms with Crippen LogP contribution in [0.1, 0.15) is 27.7 Å². The second-order valence-electron chi connectivity index (χ2n) is 4.99. The number of amides is 2. The van der Waals surface area contributed by atoms with Crippen molar-refractivity contribution in [3.8, 4) is 0 Å². The Morgan fingerprint density at radius 1 is 0.957 bits per heavy atom. The highest BCUT2D eigenvalue weighted by molar-refractivity contribution is 8.17. The van der Waals surface area contributed by atoms with Gasteiger partial charge in [-0.3, -0.25) is 9.59 Å². The number of thioether (sulfide) groups is 2. The Hall–Kier alpha value is -0.480. The summed E-state index contributed by atoms with van der Waals surface area (Å²) in [4.78, 5) is 22.3. The van der Waals surface area contributed by atoms with Crippen LogP contribution in [0.2, 0.25) is 0 Å². The average molecular weight is 369 g/mol. The highest BCUT2D eigenvalue weighted by atomic mass is 32.2. The van der Waals surface area contributed by atoms with Crippen LogP contribution < -0.4 is 10.6 Å². The van der Waals surface area contributed by atoms with Crippen molar-refractivity contribution in [1.82, 2.24) is 10.6 Å². The minimum Gasteiger partial charge on any atom is -0.389 e. The van der Waals surface area contributed by atoms with E-state index < -0.39 is 30.3 Å². The van der Waals surface area contributed by atoms with Gasteiger partial charge in [-0.05, 0) is 11.5 Å². The third-order valence-electron chi connectivity index (χ3n) is 3.00. The molecule has 136 valence electrons. The third kappa shape index (κ3) is 8.80. The molecule has 0 saturated carbocycles. The first kappa shape index (κ1) is 22.5. The van der Waals surface area contributed by atoms with E-state index in [2.05, 4.69) is 10.6 Å². The summed E-state index contributed by atoms with van der Waals surface area (Å²) in [6.45, 7) is 6.32. The predicted octanol–water partition coefficient (Wildman–Crippen LogP) is -0.458. The summed E-state index contributed by atoms with van der Waals surface area (Å²) in [5, 5.41) is 35.8. The van der Waals surface area contributed by atoms with E-state index in [0.717, 1.165) is 11.5 Å². The second-order valence-corrected chi connectivity index (χ2v) is 8.13. The molecular weight excluding hydrogens is 340 g/mol. The van der Waals surface area contributed by atoms with E-state index in [4.69, 9.17) is 0 Å². The van der Waals surface area contributed by atoms with Crippen molar-refractivity contribution < 1.29 is 24.9 Å². The summed E-state index contributed by atoms with van der Waals surface area (Å²) in [7, 11) is 0. The van der Waals surface area contributed by atoms with Gasteiger partial charge >= 0.3 is 0 Å². The number of aliphatic hydroxyl groups is 3. The number of aliphatic hydroxyl groups excluding tert-OH is 3. The largest absolute Gasteiger partial charge is 0.389 e. The van der Waals surface area contributed by atoms with Gasteiger partial charge in [0, 0.05) is 20.4 Å². The van der Waals surface area contributed by atoms with E-state index in [-0.39, 0.29) is 17.0 Å². The van der Waals surface area contributed by atoms with Crippen LogP contribution in [-0.2, 0) is 9.59 Å². The molecule has 0 spiro atoms. The molecule has 0 aromatic carbocycles. The number of rotatable bonds is 11. The van der Waals surface area contributed by atoms with Crippen LogP contribution in [0.4, 0.5) is 0 Å². The molecule has 0 aliphatic carbocycles. The van der Waals surface area contributed by atoms with E-state index in [1.54, 1.807) is 0 Å². The molecule has 0 bridgehead atoms. The molecule has 7 nitrogen and oxygen atoms in total. The normalized spacial score (nSPS) is 16.5. The lowest BCUT2D eigenvalue weighted by Gasteiger charge is -2.34. The molecule has 2 amide bonds. The fourth-order valence-corrected chi connectivity index (χ4v) is 4.55. The Morgan fingerprint density at radius 3 is 1.87 bits per heavy atom. The molecule has 0 aliphatic rings. The van der Waals surface area contributed by atoms with Crippen LogP contribution in [0.5, 0.6) is 0 Å². The first-order valence-corrected chi connectivity index (χ1v) is 9.63. The first-order valence-electron chi connectivity index (χ1n) is 7.53. The SMILES string of the molecule is CCSC(SCC)[C@@H](O)[C@H](NC(C)=O)[C@H](O)[C@H](O)CNC(C)=O. The van der Waals surface area contributed by atoms with Gasteiger partial charge in [-0.25, -0.2) is 0 Å². The molecule has 0 aromatic rings. The lowest BCUT2D eigenvalue weighted by molar-refractivity contribution is -0.124. The van der Waals surface area contributed by atoms with E-state index in [9.17, 15) is 24.9 Å². The number of hydrogen-bond acceptors (Lipinski definition) is 7. The summed E-state index contributed by atoms with van der Waals surface area (Å²) in [6.07, 6.45) is -3.75. The molecule has 9 heteroatoms. The van der Waals surface area contributed by atoms with Crippen LogP contribution in [0.3, 0.4) is 0 Å². The fourth-order valence-electron chi connectivity index (χ4n) is 1.96. The molecule has 0 aliphatic heterocycles. The number of hydrogen-bond donors (Lipinski definition) is 5. The van der Waals surface area contributed by atoms with Gasteiger partial charge in [-0.2, -0.15) is 0 Å². The Balaban J connectivity index is 5.07. The molecule has 0 radical (unpaired) electrons. The summed E-state index contributed by atoms with van der Waals surface area (Å²) in [5.74, 6) is 0.786. The highest BCUT2D eigenvalue weighted by Crippen LogP contribution is 2.29. The van der Waals surface area contributed by atoms with Gasteiger partial charge in [-0.15, -0.1) is 23.5 Å². The zero-order valence-corrected chi connectivity index (χ0v) is 15.6. The van der Waals surface area contributed by atoms with Crippen molar-refractivity contribution in [2.75, 3.05) is 18.1 Å². The van der Waals surface area contributed by atoms with E-state index >= 15 is 0 Å². The Kier molecular flexibility index (Phi) is 11.7. The standard InChI is InChI=1S/C14H28N2O5S2/c1-5-22-14(23-6-2)13(21)11(16-9(4)18)12(20)10(19)7-15-8(3)17/h10-14,19-21H,5-7H2,1-4H3,(H,15,17)(H,16,18)/t10-,11-,12-,13+/m1/s1. The van der Waals surface area contributed by atoms with Gasteiger partial charge in [-0.1, -0.05) is 13.8 Å². The molecule has 0 fully saturated rings. The van der Waals surface area contributed by atoms with Crippen LogP contribution in [0.15, 0.2) is 0 Å². The van der Waals surface area contributed by atoms with Crippen molar-refractivity contribution in [3.05, 3.63) is 0 Å². The molecule has 5 N–H and O–H groups in total. The maximum Gasteiger partial charge on any atom is 0.217 e. The highest BCUT2D eigenvalue weighted by Gasteiger charge is 2.37. The summed E-state index contributed by atoms with van der Waals surface area (Å²) < 4.78 is -0.246. The predicted molar refractivity (Wildman–Crippen MR) is 94.4 cm³/mol. The summed E-state index contributed by atoms with van der Waals surface area (Å²) in [6, 6.07) is -1.03. The molecular formula is C14H28N2O5S2. The van der Waals surface area contributed by atoms with Gasteiger partial charge < -0.3 is 26.0 Å². The van der Waals surface area contributed by atoms with Crippen molar-refractivity contribution in [2.45, 2.75) is 56.6 Å². The molecule has 23 heavy (non-hydrogen) atoms. The Labute approximate surface area is 146 Å². The van der Waals surface area contributed by atoms with Gasteiger partial charge in [0.05, 0.1) is 22.8 Å². The van der Waals surface area contributed by atoms with Gasteiger partial charge in [0.15, 0.2) is 0 Å². The van der Waals surface area contributed by atoms with Crippen LogP contribution in [-0.4, -0.2) is 74.1 Å². The monoisotopic (exact) mass is 368 g/mol. The third-order valence-corrected chi connectivity index (χ3v) is 5.70. The maximum absolute atomic E-state index is 11.4. The zero-order valence-electron chi connectivity index (χ0n) is 14.0. The Morgan fingerprint density at radius 2 is 1.48 bits per heavy atom. The quantitative estimate of drug-likeness (QED) is 0.313. The van der Waals surface area contributed by atoms with E-state index in [1.807, 2.05) is 13.8 Å². The molecule has 4 atom stereocenters. The topological polar surface area (TPSA) is 119 Å². The fraction of sp³-hybridized carbons (Fsp3) is 0.857. The van der Waals surface area contributed by atoms with Crippen molar-refractivity contribution >= 4 is 35.3 Å². The first-order chi connectivity index (χ1) is 10.7.